The van der Waals surface area contributed by atoms with E-state index in [-0.39, 0.29) is 5.91 Å². The van der Waals surface area contributed by atoms with Gasteiger partial charge in [0, 0.05) is 24.5 Å². The van der Waals surface area contributed by atoms with Crippen LogP contribution >= 0.6 is 0 Å². The lowest BCUT2D eigenvalue weighted by atomic mass is 10.3. The maximum Gasteiger partial charge on any atom is 0.275 e. The van der Waals surface area contributed by atoms with Crippen LogP contribution in [0.3, 0.4) is 0 Å². The number of hydrogen-bond acceptors (Lipinski definition) is 5. The van der Waals surface area contributed by atoms with Gasteiger partial charge in [0.2, 0.25) is 5.95 Å². The van der Waals surface area contributed by atoms with E-state index in [0.29, 0.717) is 17.5 Å². The van der Waals surface area contributed by atoms with E-state index in [1.54, 1.807) is 26.1 Å². The first-order chi connectivity index (χ1) is 8.58. The van der Waals surface area contributed by atoms with Crippen molar-refractivity contribution in [2.24, 2.45) is 0 Å². The third-order valence-corrected chi connectivity index (χ3v) is 2.26. The van der Waals surface area contributed by atoms with E-state index < -0.39 is 0 Å². The van der Waals surface area contributed by atoms with Gasteiger partial charge in [0.25, 0.3) is 5.91 Å². The monoisotopic (exact) mass is 246 g/mol. The van der Waals surface area contributed by atoms with Crippen LogP contribution in [0.15, 0.2) is 12.1 Å². The van der Waals surface area contributed by atoms with Gasteiger partial charge < -0.3 is 10.6 Å². The van der Waals surface area contributed by atoms with Crippen molar-refractivity contribution in [3.05, 3.63) is 29.2 Å². The minimum Gasteiger partial charge on any atom is -0.357 e. The van der Waals surface area contributed by atoms with Gasteiger partial charge in [-0.2, -0.15) is 5.10 Å². The Morgan fingerprint density at radius 2 is 2.06 bits per heavy atom. The summed E-state index contributed by atoms with van der Waals surface area (Å²) in [5.41, 5.74) is 1.89. The number of rotatable bonds is 3. The molecule has 0 radical (unpaired) electrons. The number of hydrogen-bond donors (Lipinski definition) is 3. The third kappa shape index (κ3) is 2.62. The van der Waals surface area contributed by atoms with E-state index in [2.05, 4.69) is 30.8 Å². The van der Waals surface area contributed by atoms with Gasteiger partial charge in [-0.15, -0.1) is 0 Å². The summed E-state index contributed by atoms with van der Waals surface area (Å²) < 4.78 is 0. The van der Waals surface area contributed by atoms with Gasteiger partial charge in [0.1, 0.15) is 5.69 Å². The molecule has 0 fully saturated rings. The number of nitrogens with one attached hydrogen (secondary N) is 3. The molecule has 0 unspecified atom stereocenters. The smallest absolute Gasteiger partial charge is 0.275 e. The van der Waals surface area contributed by atoms with Crippen molar-refractivity contribution in [1.29, 1.82) is 0 Å². The molecule has 2 rings (SSSR count). The Kier molecular flexibility index (Phi) is 3.22. The molecule has 7 heteroatoms. The van der Waals surface area contributed by atoms with Crippen molar-refractivity contribution in [1.82, 2.24) is 20.2 Å². The molecule has 2 aromatic heterocycles. The molecule has 0 atom stereocenters. The van der Waals surface area contributed by atoms with Crippen LogP contribution in [0, 0.1) is 13.8 Å². The number of amides is 1. The van der Waals surface area contributed by atoms with Crippen LogP contribution in [0.25, 0.3) is 0 Å². The third-order valence-electron chi connectivity index (χ3n) is 2.26. The molecule has 0 aromatic carbocycles. The maximum absolute atomic E-state index is 12.0. The van der Waals surface area contributed by atoms with Crippen molar-refractivity contribution in [2.45, 2.75) is 13.8 Å². The Balaban J connectivity index is 2.20. The van der Waals surface area contributed by atoms with E-state index in [4.69, 9.17) is 0 Å². The zero-order valence-electron chi connectivity index (χ0n) is 10.4. The van der Waals surface area contributed by atoms with Crippen LogP contribution in [0.4, 0.5) is 11.8 Å². The SMILES string of the molecule is CNc1nc(C)cc(C(=O)Nc2cc(C)[nH]n2)n1. The number of carbonyl (C=O) groups is 1. The standard InChI is InChI=1S/C11H14N6O/c1-6-4-8(14-11(12-3)13-6)10(18)15-9-5-7(2)16-17-9/h4-5H,1-3H3,(H,12,13,14)(H2,15,16,17,18). The van der Waals surface area contributed by atoms with E-state index in [1.807, 2.05) is 6.92 Å². The number of H-pyrrole nitrogens is 1. The second-order valence-electron chi connectivity index (χ2n) is 3.86. The molecule has 2 aromatic rings. The summed E-state index contributed by atoms with van der Waals surface area (Å²) >= 11 is 0. The molecule has 0 bridgehead atoms. The minimum atomic E-state index is -0.316. The summed E-state index contributed by atoms with van der Waals surface area (Å²) in [6.45, 7) is 3.66. The highest BCUT2D eigenvalue weighted by Gasteiger charge is 2.11. The highest BCUT2D eigenvalue weighted by atomic mass is 16.2. The van der Waals surface area contributed by atoms with Gasteiger partial charge in [-0.3, -0.25) is 9.89 Å². The average Bonchev–Trinajstić information content (AvgIpc) is 2.73. The number of aromatic nitrogens is 4. The molecule has 18 heavy (non-hydrogen) atoms. The summed E-state index contributed by atoms with van der Waals surface area (Å²) in [7, 11) is 1.70. The molecule has 3 N–H and O–H groups in total. The summed E-state index contributed by atoms with van der Waals surface area (Å²) in [6.07, 6.45) is 0. The lowest BCUT2D eigenvalue weighted by Crippen LogP contribution is -2.15. The molecular formula is C11H14N6O. The Labute approximate surface area is 104 Å². The van der Waals surface area contributed by atoms with Crippen LogP contribution in [0.2, 0.25) is 0 Å². The zero-order valence-corrected chi connectivity index (χ0v) is 10.4. The Morgan fingerprint density at radius 1 is 1.28 bits per heavy atom. The Bertz CT molecular complexity index is 577. The first-order valence-electron chi connectivity index (χ1n) is 5.45. The lowest BCUT2D eigenvalue weighted by Gasteiger charge is -2.04. The zero-order chi connectivity index (χ0) is 13.1. The van der Waals surface area contributed by atoms with E-state index >= 15 is 0 Å². The number of aromatic amines is 1. The molecule has 0 spiro atoms. The highest BCUT2D eigenvalue weighted by Crippen LogP contribution is 2.08. The van der Waals surface area contributed by atoms with E-state index in [1.165, 1.54) is 0 Å². The lowest BCUT2D eigenvalue weighted by molar-refractivity contribution is 0.102. The molecule has 0 aliphatic carbocycles. The fraction of sp³-hybridized carbons (Fsp3) is 0.273. The summed E-state index contributed by atoms with van der Waals surface area (Å²) in [5, 5.41) is 12.1. The van der Waals surface area contributed by atoms with Gasteiger partial charge >= 0.3 is 0 Å². The second kappa shape index (κ2) is 4.82. The molecule has 2 heterocycles. The predicted molar refractivity (Wildman–Crippen MR) is 67.6 cm³/mol. The van der Waals surface area contributed by atoms with Crippen LogP contribution in [0.1, 0.15) is 21.9 Å². The Morgan fingerprint density at radius 3 is 2.67 bits per heavy atom. The van der Waals surface area contributed by atoms with Gasteiger partial charge in [0.05, 0.1) is 0 Å². The Hall–Kier alpha value is -2.44. The van der Waals surface area contributed by atoms with Gasteiger partial charge in [-0.1, -0.05) is 0 Å². The minimum absolute atomic E-state index is 0.299. The fourth-order valence-corrected chi connectivity index (χ4v) is 1.46. The first kappa shape index (κ1) is 12.0. The maximum atomic E-state index is 12.0. The molecule has 7 nitrogen and oxygen atoms in total. The first-order valence-corrected chi connectivity index (χ1v) is 5.45. The van der Waals surface area contributed by atoms with Crippen molar-refractivity contribution in [3.8, 4) is 0 Å². The number of anilines is 2. The molecule has 0 saturated heterocycles. The molecule has 94 valence electrons. The second-order valence-corrected chi connectivity index (χ2v) is 3.86. The van der Waals surface area contributed by atoms with Crippen LogP contribution in [-0.4, -0.2) is 33.1 Å². The van der Waals surface area contributed by atoms with Gasteiger partial charge in [0.15, 0.2) is 5.82 Å². The largest absolute Gasteiger partial charge is 0.357 e. The number of aryl methyl sites for hydroxylation is 2. The summed E-state index contributed by atoms with van der Waals surface area (Å²) in [4.78, 5) is 20.2. The number of nitrogens with zero attached hydrogens (tertiary/aromatic N) is 3. The molecule has 1 amide bonds. The normalized spacial score (nSPS) is 10.2. The number of carbonyl (C=O) groups excluding carboxylic acids is 1. The quantitative estimate of drug-likeness (QED) is 0.754. The molecule has 0 aliphatic heterocycles. The van der Waals surface area contributed by atoms with Crippen molar-refractivity contribution in [3.63, 3.8) is 0 Å². The fourth-order valence-electron chi connectivity index (χ4n) is 1.46. The van der Waals surface area contributed by atoms with E-state index in [9.17, 15) is 4.79 Å². The highest BCUT2D eigenvalue weighted by molar-refractivity contribution is 6.02. The van der Waals surface area contributed by atoms with Crippen molar-refractivity contribution < 1.29 is 4.79 Å². The molecular weight excluding hydrogens is 232 g/mol. The average molecular weight is 246 g/mol. The topological polar surface area (TPSA) is 95.6 Å². The molecule has 0 saturated carbocycles. The van der Waals surface area contributed by atoms with Crippen LogP contribution in [0.5, 0.6) is 0 Å². The van der Waals surface area contributed by atoms with Crippen LogP contribution < -0.4 is 10.6 Å². The van der Waals surface area contributed by atoms with E-state index in [0.717, 1.165) is 11.4 Å². The predicted octanol–water partition coefficient (Wildman–Crippen LogP) is 1.11. The summed E-state index contributed by atoms with van der Waals surface area (Å²) in [5.74, 6) is 0.571. The van der Waals surface area contributed by atoms with Gasteiger partial charge in [-0.25, -0.2) is 9.97 Å². The van der Waals surface area contributed by atoms with Crippen LogP contribution in [-0.2, 0) is 0 Å². The van der Waals surface area contributed by atoms with Crippen molar-refractivity contribution in [2.75, 3.05) is 17.7 Å². The molecule has 0 aliphatic rings. The van der Waals surface area contributed by atoms with Crippen molar-refractivity contribution >= 4 is 17.7 Å². The summed E-state index contributed by atoms with van der Waals surface area (Å²) in [6, 6.07) is 3.36. The van der Waals surface area contributed by atoms with Gasteiger partial charge in [-0.05, 0) is 19.9 Å².